The van der Waals surface area contributed by atoms with Crippen LogP contribution in [0.2, 0.25) is 5.02 Å². The summed E-state index contributed by atoms with van der Waals surface area (Å²) in [6, 6.07) is 2.03. The van der Waals surface area contributed by atoms with Crippen LogP contribution in [0.1, 0.15) is 30.0 Å². The van der Waals surface area contributed by atoms with Gasteiger partial charge in [-0.05, 0) is 56.4 Å². The SMILES string of the molecule is C=CCCc1c(OCC)cc(C)c(Cl)c1C. The van der Waals surface area contributed by atoms with Gasteiger partial charge in [0.25, 0.3) is 0 Å². The number of hydrogen-bond donors (Lipinski definition) is 0. The molecule has 2 heteroatoms. The Kier molecular flexibility index (Phi) is 4.88. The third-order valence-electron chi connectivity index (χ3n) is 2.67. The van der Waals surface area contributed by atoms with Crippen LogP contribution in [-0.4, -0.2) is 6.61 Å². The Morgan fingerprint density at radius 1 is 1.44 bits per heavy atom. The van der Waals surface area contributed by atoms with Crippen molar-refractivity contribution in [1.29, 1.82) is 0 Å². The predicted molar refractivity (Wildman–Crippen MR) is 70.6 cm³/mol. The molecular formula is C14H19ClO. The zero-order valence-corrected chi connectivity index (χ0v) is 11.0. The predicted octanol–water partition coefficient (Wildman–Crippen LogP) is 4.47. The Morgan fingerprint density at radius 2 is 2.12 bits per heavy atom. The fourth-order valence-corrected chi connectivity index (χ4v) is 1.97. The quantitative estimate of drug-likeness (QED) is 0.688. The third kappa shape index (κ3) is 2.79. The molecule has 0 saturated heterocycles. The van der Waals surface area contributed by atoms with Gasteiger partial charge < -0.3 is 4.74 Å². The number of halogens is 1. The standard InChI is InChI=1S/C14H19ClO/c1-5-7-8-12-11(4)14(15)10(3)9-13(12)16-6-2/h5,9H,1,6-8H2,2-4H3. The first-order chi connectivity index (χ1) is 7.61. The van der Waals surface area contributed by atoms with Crippen molar-refractivity contribution in [2.24, 2.45) is 0 Å². The Labute approximate surface area is 103 Å². The molecule has 0 saturated carbocycles. The molecule has 0 heterocycles. The topological polar surface area (TPSA) is 9.23 Å². The molecule has 1 aromatic rings. The van der Waals surface area contributed by atoms with Crippen LogP contribution in [-0.2, 0) is 6.42 Å². The van der Waals surface area contributed by atoms with Crippen molar-refractivity contribution in [2.45, 2.75) is 33.6 Å². The van der Waals surface area contributed by atoms with Gasteiger partial charge in [-0.15, -0.1) is 6.58 Å². The van der Waals surface area contributed by atoms with Crippen LogP contribution in [0, 0.1) is 13.8 Å². The molecule has 0 radical (unpaired) electrons. The van der Waals surface area contributed by atoms with Crippen molar-refractivity contribution in [2.75, 3.05) is 6.61 Å². The molecule has 16 heavy (non-hydrogen) atoms. The van der Waals surface area contributed by atoms with Gasteiger partial charge in [0.2, 0.25) is 0 Å². The van der Waals surface area contributed by atoms with E-state index >= 15 is 0 Å². The smallest absolute Gasteiger partial charge is 0.123 e. The first kappa shape index (κ1) is 13.1. The van der Waals surface area contributed by atoms with Crippen LogP contribution >= 0.6 is 11.6 Å². The molecule has 0 spiro atoms. The minimum atomic E-state index is 0.682. The molecule has 1 nitrogen and oxygen atoms in total. The first-order valence-corrected chi connectivity index (χ1v) is 6.01. The van der Waals surface area contributed by atoms with E-state index in [2.05, 4.69) is 13.5 Å². The van der Waals surface area contributed by atoms with Crippen LogP contribution < -0.4 is 4.74 Å². The lowest BCUT2D eigenvalue weighted by molar-refractivity contribution is 0.336. The summed E-state index contributed by atoms with van der Waals surface area (Å²) in [6.07, 6.45) is 3.80. The molecule has 0 unspecified atom stereocenters. The maximum Gasteiger partial charge on any atom is 0.123 e. The minimum absolute atomic E-state index is 0.682. The number of benzene rings is 1. The molecule has 1 rings (SSSR count). The number of rotatable bonds is 5. The van der Waals surface area contributed by atoms with Crippen LogP contribution in [0.3, 0.4) is 0 Å². The lowest BCUT2D eigenvalue weighted by atomic mass is 10.00. The summed E-state index contributed by atoms with van der Waals surface area (Å²) in [5, 5.41) is 0.850. The number of allylic oxidation sites excluding steroid dienone is 1. The number of hydrogen-bond acceptors (Lipinski definition) is 1. The second kappa shape index (κ2) is 5.95. The highest BCUT2D eigenvalue weighted by molar-refractivity contribution is 6.32. The number of ether oxygens (including phenoxy) is 1. The molecule has 88 valence electrons. The molecule has 0 aliphatic carbocycles. The Balaban J connectivity index is 3.18. The van der Waals surface area contributed by atoms with E-state index in [1.807, 2.05) is 26.0 Å². The van der Waals surface area contributed by atoms with Crippen LogP contribution in [0.5, 0.6) is 5.75 Å². The fraction of sp³-hybridized carbons (Fsp3) is 0.429. The Hall–Kier alpha value is -0.950. The normalized spacial score (nSPS) is 10.2. The molecule has 0 N–H and O–H groups in total. The zero-order chi connectivity index (χ0) is 12.1. The van der Waals surface area contributed by atoms with Gasteiger partial charge >= 0.3 is 0 Å². The van der Waals surface area contributed by atoms with Gasteiger partial charge in [0.15, 0.2) is 0 Å². The Morgan fingerprint density at radius 3 is 2.69 bits per heavy atom. The molecule has 0 aliphatic rings. The van der Waals surface area contributed by atoms with Crippen LogP contribution in [0.4, 0.5) is 0 Å². The molecule has 0 amide bonds. The summed E-state index contributed by atoms with van der Waals surface area (Å²) in [4.78, 5) is 0. The average Bonchev–Trinajstić information content (AvgIpc) is 2.26. The maximum atomic E-state index is 6.25. The summed E-state index contributed by atoms with van der Waals surface area (Å²) >= 11 is 6.25. The van der Waals surface area contributed by atoms with E-state index in [4.69, 9.17) is 16.3 Å². The van der Waals surface area contributed by atoms with Gasteiger partial charge in [0.05, 0.1) is 6.61 Å². The maximum absolute atomic E-state index is 6.25. The molecule has 0 aliphatic heterocycles. The van der Waals surface area contributed by atoms with E-state index < -0.39 is 0 Å². The molecule has 0 bridgehead atoms. The van der Waals surface area contributed by atoms with E-state index in [1.54, 1.807) is 0 Å². The fourth-order valence-electron chi connectivity index (χ4n) is 1.80. The highest BCUT2D eigenvalue weighted by Gasteiger charge is 2.12. The van der Waals surface area contributed by atoms with Crippen molar-refractivity contribution < 1.29 is 4.74 Å². The lowest BCUT2D eigenvalue weighted by Gasteiger charge is -2.15. The average molecular weight is 239 g/mol. The van der Waals surface area contributed by atoms with Gasteiger partial charge in [0.1, 0.15) is 5.75 Å². The second-order valence-corrected chi connectivity index (χ2v) is 4.25. The van der Waals surface area contributed by atoms with Crippen molar-refractivity contribution >= 4 is 11.6 Å². The van der Waals surface area contributed by atoms with E-state index in [0.29, 0.717) is 6.61 Å². The summed E-state index contributed by atoms with van der Waals surface area (Å²) in [6.45, 7) is 10.5. The molecule has 0 fully saturated rings. The zero-order valence-electron chi connectivity index (χ0n) is 10.3. The second-order valence-electron chi connectivity index (χ2n) is 3.87. The molecule has 1 aromatic carbocycles. The molecule has 0 aromatic heterocycles. The van der Waals surface area contributed by atoms with E-state index in [0.717, 1.165) is 34.7 Å². The number of aryl methyl sites for hydroxylation is 1. The Bertz CT molecular complexity index is 383. The third-order valence-corrected chi connectivity index (χ3v) is 3.25. The van der Waals surface area contributed by atoms with Gasteiger partial charge in [-0.1, -0.05) is 17.7 Å². The van der Waals surface area contributed by atoms with Gasteiger partial charge in [0, 0.05) is 5.02 Å². The summed E-state index contributed by atoms with van der Waals surface area (Å²) < 4.78 is 5.66. The first-order valence-electron chi connectivity index (χ1n) is 5.64. The molecular weight excluding hydrogens is 220 g/mol. The molecule has 0 atom stereocenters. The van der Waals surface area contributed by atoms with Crippen molar-refractivity contribution in [3.63, 3.8) is 0 Å². The van der Waals surface area contributed by atoms with Crippen molar-refractivity contribution in [3.05, 3.63) is 40.4 Å². The monoisotopic (exact) mass is 238 g/mol. The largest absolute Gasteiger partial charge is 0.494 e. The van der Waals surface area contributed by atoms with Crippen LogP contribution in [0.25, 0.3) is 0 Å². The van der Waals surface area contributed by atoms with Gasteiger partial charge in [-0.2, -0.15) is 0 Å². The highest BCUT2D eigenvalue weighted by Crippen LogP contribution is 2.32. The summed E-state index contributed by atoms with van der Waals surface area (Å²) in [5.41, 5.74) is 3.41. The van der Waals surface area contributed by atoms with Gasteiger partial charge in [-0.3, -0.25) is 0 Å². The van der Waals surface area contributed by atoms with Crippen molar-refractivity contribution in [1.82, 2.24) is 0 Å². The summed E-state index contributed by atoms with van der Waals surface area (Å²) in [7, 11) is 0. The van der Waals surface area contributed by atoms with E-state index in [1.165, 1.54) is 5.56 Å². The van der Waals surface area contributed by atoms with Gasteiger partial charge in [-0.25, -0.2) is 0 Å². The lowest BCUT2D eigenvalue weighted by Crippen LogP contribution is -2.01. The summed E-state index contributed by atoms with van der Waals surface area (Å²) in [5.74, 6) is 0.962. The van der Waals surface area contributed by atoms with Crippen molar-refractivity contribution in [3.8, 4) is 5.75 Å². The van der Waals surface area contributed by atoms with E-state index in [9.17, 15) is 0 Å². The van der Waals surface area contributed by atoms with E-state index in [-0.39, 0.29) is 0 Å². The minimum Gasteiger partial charge on any atom is -0.494 e. The highest BCUT2D eigenvalue weighted by atomic mass is 35.5. The van der Waals surface area contributed by atoms with Crippen LogP contribution in [0.15, 0.2) is 18.7 Å².